The van der Waals surface area contributed by atoms with E-state index >= 15 is 0 Å². The van der Waals surface area contributed by atoms with Crippen molar-refractivity contribution in [2.75, 3.05) is 12.4 Å². The molecule has 0 spiro atoms. The molecule has 0 bridgehead atoms. The Kier molecular flexibility index (Phi) is 5.35. The summed E-state index contributed by atoms with van der Waals surface area (Å²) in [6, 6.07) is 3.04. The first-order valence-corrected chi connectivity index (χ1v) is 7.49. The lowest BCUT2D eigenvalue weighted by Gasteiger charge is -2.34. The number of amides is 1. The Bertz CT molecular complexity index is 475. The molecular weight excluding hydrogens is 284 g/mol. The summed E-state index contributed by atoms with van der Waals surface area (Å²) in [6.45, 7) is 0.362. The molecule has 0 radical (unpaired) electrons. The minimum absolute atomic E-state index is 0.0812. The van der Waals surface area contributed by atoms with Crippen molar-refractivity contribution < 1.29 is 13.6 Å². The minimum atomic E-state index is -0.688. The summed E-state index contributed by atoms with van der Waals surface area (Å²) in [5.41, 5.74) is -0.208. The van der Waals surface area contributed by atoms with Crippen molar-refractivity contribution in [3.8, 4) is 0 Å². The van der Waals surface area contributed by atoms with Gasteiger partial charge in [0.25, 0.3) is 5.91 Å². The molecule has 20 heavy (non-hydrogen) atoms. The van der Waals surface area contributed by atoms with Gasteiger partial charge in [0.05, 0.1) is 5.56 Å². The van der Waals surface area contributed by atoms with Crippen LogP contribution in [0.4, 0.5) is 8.78 Å². The van der Waals surface area contributed by atoms with Crippen LogP contribution in [0.3, 0.4) is 0 Å². The van der Waals surface area contributed by atoms with Gasteiger partial charge in [-0.2, -0.15) is 0 Å². The number of hydrogen-bond acceptors (Lipinski definition) is 1. The zero-order chi connectivity index (χ0) is 14.5. The lowest BCUT2D eigenvalue weighted by molar-refractivity contribution is 0.0644. The maximum Gasteiger partial charge on any atom is 0.257 e. The van der Waals surface area contributed by atoms with Gasteiger partial charge in [-0.15, -0.1) is 11.6 Å². The quantitative estimate of drug-likeness (QED) is 0.770. The molecule has 0 atom stereocenters. The average molecular weight is 302 g/mol. The highest BCUT2D eigenvalue weighted by Crippen LogP contribution is 2.25. The molecule has 0 aliphatic heterocycles. The molecule has 2 nitrogen and oxygen atoms in total. The van der Waals surface area contributed by atoms with E-state index in [2.05, 4.69) is 0 Å². The standard InChI is InChI=1S/C15H18ClF2NO/c16-8-9-19(12-4-2-1-3-5-12)15(20)13-10-11(17)6-7-14(13)18/h6-7,10,12H,1-5,8-9H2. The highest BCUT2D eigenvalue weighted by molar-refractivity contribution is 6.18. The van der Waals surface area contributed by atoms with Gasteiger partial charge in [-0.05, 0) is 31.0 Å². The molecule has 0 heterocycles. The molecule has 1 aromatic carbocycles. The molecule has 1 fully saturated rings. The number of alkyl halides is 1. The minimum Gasteiger partial charge on any atom is -0.334 e. The van der Waals surface area contributed by atoms with Gasteiger partial charge in [-0.1, -0.05) is 19.3 Å². The summed E-state index contributed by atoms with van der Waals surface area (Å²) in [5, 5.41) is 0. The molecule has 1 amide bonds. The highest BCUT2D eigenvalue weighted by Gasteiger charge is 2.27. The number of rotatable bonds is 4. The fraction of sp³-hybridized carbons (Fsp3) is 0.533. The van der Waals surface area contributed by atoms with Gasteiger partial charge < -0.3 is 4.90 Å². The Morgan fingerprint density at radius 2 is 1.95 bits per heavy atom. The summed E-state index contributed by atoms with van der Waals surface area (Å²) in [4.78, 5) is 14.1. The van der Waals surface area contributed by atoms with E-state index in [1.807, 2.05) is 0 Å². The molecule has 110 valence electrons. The van der Waals surface area contributed by atoms with Crippen LogP contribution >= 0.6 is 11.6 Å². The van der Waals surface area contributed by atoms with Crippen LogP contribution in [-0.4, -0.2) is 29.3 Å². The Labute approximate surface area is 122 Å². The zero-order valence-corrected chi connectivity index (χ0v) is 12.0. The largest absolute Gasteiger partial charge is 0.334 e. The number of halogens is 3. The van der Waals surface area contributed by atoms with Crippen LogP contribution in [0.25, 0.3) is 0 Å². The lowest BCUT2D eigenvalue weighted by atomic mass is 9.93. The second kappa shape index (κ2) is 7.02. The maximum absolute atomic E-state index is 13.7. The Morgan fingerprint density at radius 1 is 1.25 bits per heavy atom. The van der Waals surface area contributed by atoms with Crippen LogP contribution in [-0.2, 0) is 0 Å². The van der Waals surface area contributed by atoms with Crippen LogP contribution in [0.2, 0.25) is 0 Å². The highest BCUT2D eigenvalue weighted by atomic mass is 35.5. The normalized spacial score (nSPS) is 16.1. The Balaban J connectivity index is 2.23. The zero-order valence-electron chi connectivity index (χ0n) is 11.2. The molecule has 5 heteroatoms. The third-order valence-corrected chi connectivity index (χ3v) is 3.93. The van der Waals surface area contributed by atoms with E-state index in [9.17, 15) is 13.6 Å². The number of benzene rings is 1. The Hall–Kier alpha value is -1.16. The van der Waals surface area contributed by atoms with E-state index in [1.54, 1.807) is 4.90 Å². The van der Waals surface area contributed by atoms with Crippen molar-refractivity contribution in [3.63, 3.8) is 0 Å². The SMILES string of the molecule is O=C(c1cc(F)ccc1F)N(CCCl)C1CCCCC1. The number of carbonyl (C=O) groups is 1. The summed E-state index contributed by atoms with van der Waals surface area (Å²) in [6.07, 6.45) is 5.08. The van der Waals surface area contributed by atoms with Crippen LogP contribution < -0.4 is 0 Å². The van der Waals surface area contributed by atoms with Gasteiger partial charge in [0.15, 0.2) is 0 Å². The van der Waals surface area contributed by atoms with Crippen LogP contribution in [0.15, 0.2) is 18.2 Å². The van der Waals surface area contributed by atoms with E-state index in [4.69, 9.17) is 11.6 Å². The predicted molar refractivity (Wildman–Crippen MR) is 75.0 cm³/mol. The van der Waals surface area contributed by atoms with Crippen molar-refractivity contribution >= 4 is 17.5 Å². The lowest BCUT2D eigenvalue weighted by Crippen LogP contribution is -2.43. The van der Waals surface area contributed by atoms with Gasteiger partial charge in [0.1, 0.15) is 11.6 Å². The number of hydrogen-bond donors (Lipinski definition) is 0. The second-order valence-corrected chi connectivity index (χ2v) is 5.48. The molecule has 0 N–H and O–H groups in total. The molecule has 1 saturated carbocycles. The van der Waals surface area contributed by atoms with Crippen LogP contribution in [0.5, 0.6) is 0 Å². The molecule has 0 aromatic heterocycles. The first kappa shape index (κ1) is 15.2. The number of carbonyl (C=O) groups excluding carboxylic acids is 1. The predicted octanol–water partition coefficient (Wildman–Crippen LogP) is 3.98. The van der Waals surface area contributed by atoms with Crippen molar-refractivity contribution in [2.45, 2.75) is 38.1 Å². The van der Waals surface area contributed by atoms with Crippen molar-refractivity contribution in [2.24, 2.45) is 0 Å². The van der Waals surface area contributed by atoms with Gasteiger partial charge >= 0.3 is 0 Å². The van der Waals surface area contributed by atoms with Gasteiger partial charge in [0, 0.05) is 18.5 Å². The van der Waals surface area contributed by atoms with Gasteiger partial charge in [0.2, 0.25) is 0 Å². The molecular formula is C15H18ClF2NO. The van der Waals surface area contributed by atoms with Crippen molar-refractivity contribution in [1.82, 2.24) is 4.90 Å². The van der Waals surface area contributed by atoms with E-state index in [-0.39, 0.29) is 11.6 Å². The van der Waals surface area contributed by atoms with Crippen molar-refractivity contribution in [1.29, 1.82) is 0 Å². The summed E-state index contributed by atoms with van der Waals surface area (Å²) in [5.74, 6) is -1.47. The summed E-state index contributed by atoms with van der Waals surface area (Å²) >= 11 is 5.76. The van der Waals surface area contributed by atoms with E-state index in [0.29, 0.717) is 12.4 Å². The van der Waals surface area contributed by atoms with Crippen LogP contribution in [0, 0.1) is 11.6 Å². The summed E-state index contributed by atoms with van der Waals surface area (Å²) in [7, 11) is 0. The third kappa shape index (κ3) is 3.48. The maximum atomic E-state index is 13.7. The first-order valence-electron chi connectivity index (χ1n) is 6.95. The average Bonchev–Trinajstić information content (AvgIpc) is 2.47. The van der Waals surface area contributed by atoms with E-state index < -0.39 is 17.5 Å². The molecule has 1 aromatic rings. The first-order chi connectivity index (χ1) is 9.63. The fourth-order valence-electron chi connectivity index (χ4n) is 2.75. The fourth-order valence-corrected chi connectivity index (χ4v) is 2.93. The van der Waals surface area contributed by atoms with E-state index in [0.717, 1.165) is 50.3 Å². The smallest absolute Gasteiger partial charge is 0.257 e. The van der Waals surface area contributed by atoms with Gasteiger partial charge in [-0.25, -0.2) is 8.78 Å². The third-order valence-electron chi connectivity index (χ3n) is 3.76. The van der Waals surface area contributed by atoms with Gasteiger partial charge in [-0.3, -0.25) is 4.79 Å². The summed E-state index contributed by atoms with van der Waals surface area (Å²) < 4.78 is 27.0. The monoisotopic (exact) mass is 301 g/mol. The topological polar surface area (TPSA) is 20.3 Å². The number of nitrogens with zero attached hydrogens (tertiary/aromatic N) is 1. The Morgan fingerprint density at radius 3 is 2.60 bits per heavy atom. The molecule has 2 rings (SSSR count). The molecule has 0 saturated heterocycles. The molecule has 0 unspecified atom stereocenters. The van der Waals surface area contributed by atoms with Crippen molar-refractivity contribution in [3.05, 3.63) is 35.4 Å². The molecule has 1 aliphatic rings. The second-order valence-electron chi connectivity index (χ2n) is 5.10. The van der Waals surface area contributed by atoms with E-state index in [1.165, 1.54) is 0 Å². The van der Waals surface area contributed by atoms with Crippen LogP contribution in [0.1, 0.15) is 42.5 Å². The molecule has 1 aliphatic carbocycles.